The topological polar surface area (TPSA) is 107 Å². The van der Waals surface area contributed by atoms with Crippen LogP contribution in [0.1, 0.15) is 18.1 Å². The summed E-state index contributed by atoms with van der Waals surface area (Å²) in [6, 6.07) is 17.3. The number of carbonyl (C=O) groups is 2. The van der Waals surface area contributed by atoms with Crippen molar-refractivity contribution in [2.24, 2.45) is 0 Å². The van der Waals surface area contributed by atoms with Crippen LogP contribution in [0.4, 0.5) is 0 Å². The number of carbonyl (C=O) groups excluding carboxylic acids is 2. The van der Waals surface area contributed by atoms with E-state index in [0.717, 1.165) is 21.7 Å². The van der Waals surface area contributed by atoms with Crippen LogP contribution < -0.4 is 5.32 Å². The molecule has 0 bridgehead atoms. The number of sulfonamides is 1. The molecule has 2 aromatic carbocycles. The summed E-state index contributed by atoms with van der Waals surface area (Å²) in [5, 5.41) is 11.5. The molecular formula is C22H29N3O5S. The first-order valence-electron chi connectivity index (χ1n) is 9.93. The minimum Gasteiger partial charge on any atom is -0.395 e. The summed E-state index contributed by atoms with van der Waals surface area (Å²) in [5.41, 5.74) is 1.57. The van der Waals surface area contributed by atoms with Gasteiger partial charge in [0.1, 0.15) is 6.04 Å². The van der Waals surface area contributed by atoms with E-state index in [9.17, 15) is 18.0 Å². The fraction of sp³-hybridized carbons (Fsp3) is 0.364. The van der Waals surface area contributed by atoms with Crippen molar-refractivity contribution in [3.8, 4) is 0 Å². The standard InChI is InChI=1S/C22H29N3O5S/c1-18(22(28)23-13-14-26)25(16-20-11-7-4-8-12-20)21(27)17-24(31(2,29)30)15-19-9-5-3-6-10-19/h3-12,18,26H,13-17H2,1-2H3,(H,23,28)/t18-/m0/s1. The second kappa shape index (κ2) is 11.6. The molecule has 0 aliphatic rings. The Morgan fingerprint density at radius 3 is 1.97 bits per heavy atom. The van der Waals surface area contributed by atoms with Crippen molar-refractivity contribution in [3.05, 3.63) is 71.8 Å². The highest BCUT2D eigenvalue weighted by Gasteiger charge is 2.29. The Kier molecular flexibility index (Phi) is 9.17. The number of benzene rings is 2. The Labute approximate surface area is 183 Å². The van der Waals surface area contributed by atoms with Gasteiger partial charge in [0.05, 0.1) is 19.4 Å². The minimum atomic E-state index is -3.67. The van der Waals surface area contributed by atoms with Gasteiger partial charge in [-0.1, -0.05) is 60.7 Å². The number of aliphatic hydroxyl groups is 1. The van der Waals surface area contributed by atoms with Gasteiger partial charge in [0.2, 0.25) is 21.8 Å². The van der Waals surface area contributed by atoms with E-state index >= 15 is 0 Å². The molecule has 2 amide bonds. The molecule has 2 N–H and O–H groups in total. The van der Waals surface area contributed by atoms with Crippen molar-refractivity contribution in [1.82, 2.24) is 14.5 Å². The Balaban J connectivity index is 2.25. The highest BCUT2D eigenvalue weighted by molar-refractivity contribution is 7.88. The zero-order valence-corrected chi connectivity index (χ0v) is 18.6. The molecule has 31 heavy (non-hydrogen) atoms. The summed E-state index contributed by atoms with van der Waals surface area (Å²) in [5.74, 6) is -0.913. The van der Waals surface area contributed by atoms with Crippen molar-refractivity contribution in [2.45, 2.75) is 26.1 Å². The van der Waals surface area contributed by atoms with Crippen molar-refractivity contribution in [2.75, 3.05) is 26.0 Å². The number of nitrogens with one attached hydrogen (secondary N) is 1. The first-order valence-corrected chi connectivity index (χ1v) is 11.8. The lowest BCUT2D eigenvalue weighted by molar-refractivity contribution is -0.140. The molecule has 2 rings (SSSR count). The minimum absolute atomic E-state index is 0.0513. The molecular weight excluding hydrogens is 418 g/mol. The lowest BCUT2D eigenvalue weighted by Gasteiger charge is -2.31. The quantitative estimate of drug-likeness (QED) is 0.534. The highest BCUT2D eigenvalue weighted by Crippen LogP contribution is 2.13. The first kappa shape index (κ1) is 24.5. The molecule has 0 saturated heterocycles. The summed E-state index contributed by atoms with van der Waals surface area (Å²) in [6.45, 7) is 1.24. The maximum absolute atomic E-state index is 13.2. The first-order chi connectivity index (χ1) is 14.7. The Morgan fingerprint density at radius 1 is 0.968 bits per heavy atom. The molecule has 0 aliphatic heterocycles. The summed E-state index contributed by atoms with van der Waals surface area (Å²) < 4.78 is 25.8. The average molecular weight is 448 g/mol. The molecule has 0 fully saturated rings. The Bertz CT molecular complexity index is 952. The van der Waals surface area contributed by atoms with E-state index in [-0.39, 0.29) is 26.2 Å². The third-order valence-corrected chi connectivity index (χ3v) is 5.95. The van der Waals surface area contributed by atoms with Crippen LogP contribution >= 0.6 is 0 Å². The molecule has 0 heterocycles. The number of aliphatic hydroxyl groups excluding tert-OH is 1. The number of nitrogens with zero attached hydrogens (tertiary/aromatic N) is 2. The van der Waals surface area contributed by atoms with E-state index in [4.69, 9.17) is 5.11 Å². The van der Waals surface area contributed by atoms with Crippen molar-refractivity contribution in [3.63, 3.8) is 0 Å². The molecule has 9 heteroatoms. The second-order valence-corrected chi connectivity index (χ2v) is 9.20. The SMILES string of the molecule is C[C@@H](C(=O)NCCO)N(Cc1ccccc1)C(=O)CN(Cc1ccccc1)S(C)(=O)=O. The van der Waals surface area contributed by atoms with Crippen LogP contribution in [-0.4, -0.2) is 66.5 Å². The van der Waals surface area contributed by atoms with Gasteiger partial charge in [-0.25, -0.2) is 8.42 Å². The smallest absolute Gasteiger partial charge is 0.242 e. The monoisotopic (exact) mass is 447 g/mol. The third-order valence-electron chi connectivity index (χ3n) is 4.76. The predicted octanol–water partition coefficient (Wildman–Crippen LogP) is 0.974. The van der Waals surface area contributed by atoms with Gasteiger partial charge in [0.25, 0.3) is 0 Å². The molecule has 168 valence electrons. The summed E-state index contributed by atoms with van der Waals surface area (Å²) >= 11 is 0. The van der Waals surface area contributed by atoms with Crippen LogP contribution in [0.15, 0.2) is 60.7 Å². The molecule has 0 aliphatic carbocycles. The molecule has 0 spiro atoms. The molecule has 0 radical (unpaired) electrons. The van der Waals surface area contributed by atoms with Gasteiger partial charge < -0.3 is 15.3 Å². The molecule has 0 saturated carbocycles. The van der Waals surface area contributed by atoms with Gasteiger partial charge in [0, 0.05) is 19.6 Å². The third kappa shape index (κ3) is 7.78. The van der Waals surface area contributed by atoms with E-state index in [0.29, 0.717) is 0 Å². The lowest BCUT2D eigenvalue weighted by atomic mass is 10.1. The van der Waals surface area contributed by atoms with Crippen molar-refractivity contribution >= 4 is 21.8 Å². The molecule has 1 atom stereocenters. The molecule has 0 unspecified atom stereocenters. The predicted molar refractivity (Wildman–Crippen MR) is 118 cm³/mol. The van der Waals surface area contributed by atoms with Crippen molar-refractivity contribution < 1.29 is 23.1 Å². The zero-order chi connectivity index (χ0) is 22.9. The molecule has 2 aromatic rings. The number of hydrogen-bond acceptors (Lipinski definition) is 5. The molecule has 8 nitrogen and oxygen atoms in total. The van der Waals surface area contributed by atoms with Crippen LogP contribution in [0.25, 0.3) is 0 Å². The fourth-order valence-corrected chi connectivity index (χ4v) is 3.74. The maximum atomic E-state index is 13.2. The van der Waals surface area contributed by atoms with Gasteiger partial charge in [-0.3, -0.25) is 9.59 Å². The van der Waals surface area contributed by atoms with Crippen LogP contribution in [0.3, 0.4) is 0 Å². The number of amides is 2. The average Bonchev–Trinajstić information content (AvgIpc) is 2.75. The van der Waals surface area contributed by atoms with Gasteiger partial charge >= 0.3 is 0 Å². The van der Waals surface area contributed by atoms with E-state index in [2.05, 4.69) is 5.32 Å². The van der Waals surface area contributed by atoms with E-state index in [1.165, 1.54) is 4.90 Å². The number of hydrogen-bond donors (Lipinski definition) is 2. The summed E-state index contributed by atoms with van der Waals surface area (Å²) in [6.07, 6.45) is 1.06. The normalized spacial score (nSPS) is 12.4. The van der Waals surface area contributed by atoms with Gasteiger partial charge in [-0.15, -0.1) is 0 Å². The zero-order valence-electron chi connectivity index (χ0n) is 17.8. The van der Waals surface area contributed by atoms with Crippen molar-refractivity contribution in [1.29, 1.82) is 0 Å². The number of rotatable bonds is 11. The van der Waals surface area contributed by atoms with Crippen LogP contribution in [0, 0.1) is 0 Å². The van der Waals surface area contributed by atoms with Gasteiger partial charge in [0.15, 0.2) is 0 Å². The summed E-state index contributed by atoms with van der Waals surface area (Å²) in [4.78, 5) is 27.0. The highest BCUT2D eigenvalue weighted by atomic mass is 32.2. The molecule has 0 aromatic heterocycles. The Hall–Kier alpha value is -2.75. The van der Waals surface area contributed by atoms with Crippen LogP contribution in [0.5, 0.6) is 0 Å². The second-order valence-electron chi connectivity index (χ2n) is 7.21. The van der Waals surface area contributed by atoms with E-state index in [1.54, 1.807) is 31.2 Å². The Morgan fingerprint density at radius 2 is 1.48 bits per heavy atom. The summed E-state index contributed by atoms with van der Waals surface area (Å²) in [7, 11) is -3.67. The van der Waals surface area contributed by atoms with E-state index in [1.807, 2.05) is 36.4 Å². The fourth-order valence-electron chi connectivity index (χ4n) is 3.01. The largest absolute Gasteiger partial charge is 0.395 e. The maximum Gasteiger partial charge on any atom is 0.242 e. The van der Waals surface area contributed by atoms with Crippen LogP contribution in [0.2, 0.25) is 0 Å². The van der Waals surface area contributed by atoms with Gasteiger partial charge in [-0.05, 0) is 18.1 Å². The van der Waals surface area contributed by atoms with Crippen LogP contribution in [-0.2, 0) is 32.7 Å². The lowest BCUT2D eigenvalue weighted by Crippen LogP contribution is -2.51. The van der Waals surface area contributed by atoms with E-state index < -0.39 is 34.4 Å². The van der Waals surface area contributed by atoms with Gasteiger partial charge in [-0.2, -0.15) is 4.31 Å².